The van der Waals surface area contributed by atoms with Crippen LogP contribution in [0.5, 0.6) is 11.5 Å². The normalized spacial score (nSPS) is 12.6. The van der Waals surface area contributed by atoms with Crippen LogP contribution in [0.2, 0.25) is 0 Å². The molecule has 0 aliphatic heterocycles. The number of ether oxygens (including phenoxy) is 2. The molecule has 2 aromatic rings. The number of aryl methyl sites for hydroxylation is 1. The topological polar surface area (TPSA) is 58.1 Å². The number of methoxy groups -OCH3 is 2. The molecular weight excluding hydrogens is 364 g/mol. The van der Waals surface area contributed by atoms with E-state index in [1.807, 2.05) is 24.3 Å². The van der Waals surface area contributed by atoms with E-state index < -0.39 is 0 Å². The van der Waals surface area contributed by atoms with Crippen molar-refractivity contribution in [1.29, 1.82) is 0 Å². The molecule has 0 aromatic heterocycles. The molecule has 2 rings (SSSR count). The zero-order chi connectivity index (χ0) is 21.2. The van der Waals surface area contributed by atoms with Gasteiger partial charge in [0, 0.05) is 25.7 Å². The highest BCUT2D eigenvalue weighted by molar-refractivity contribution is 5.79. The Morgan fingerprint density at radius 1 is 1.03 bits per heavy atom. The van der Waals surface area contributed by atoms with Gasteiger partial charge in [-0.15, -0.1) is 0 Å². The second-order valence-corrected chi connectivity index (χ2v) is 7.17. The summed E-state index contributed by atoms with van der Waals surface area (Å²) in [7, 11) is 9.34. The molecule has 0 saturated heterocycles. The molecule has 0 bridgehead atoms. The van der Waals surface area contributed by atoms with Crippen LogP contribution in [0.1, 0.15) is 22.7 Å². The van der Waals surface area contributed by atoms with Gasteiger partial charge in [0.15, 0.2) is 5.96 Å². The number of guanidine groups is 1. The van der Waals surface area contributed by atoms with Crippen LogP contribution < -0.4 is 20.1 Å². The molecule has 2 aromatic carbocycles. The van der Waals surface area contributed by atoms with Gasteiger partial charge >= 0.3 is 0 Å². The molecule has 0 heterocycles. The fourth-order valence-corrected chi connectivity index (χ4v) is 3.34. The molecule has 1 atom stereocenters. The Morgan fingerprint density at radius 2 is 1.76 bits per heavy atom. The van der Waals surface area contributed by atoms with E-state index in [9.17, 15) is 0 Å². The van der Waals surface area contributed by atoms with Crippen molar-refractivity contribution in [2.75, 3.05) is 48.5 Å². The lowest BCUT2D eigenvalue weighted by Crippen LogP contribution is -2.42. The summed E-state index contributed by atoms with van der Waals surface area (Å²) in [6.45, 7) is 3.57. The average molecular weight is 399 g/mol. The van der Waals surface area contributed by atoms with E-state index in [1.54, 1.807) is 21.3 Å². The Kier molecular flexibility index (Phi) is 8.80. The zero-order valence-corrected chi connectivity index (χ0v) is 18.5. The molecule has 158 valence electrons. The van der Waals surface area contributed by atoms with Crippen LogP contribution in [-0.4, -0.2) is 59.3 Å². The van der Waals surface area contributed by atoms with Gasteiger partial charge in [0.2, 0.25) is 0 Å². The Balaban J connectivity index is 1.96. The first-order valence-corrected chi connectivity index (χ1v) is 9.87. The standard InChI is InChI=1S/C23H34N4O2/c1-17-11-12-21(28-5)18(15-17)13-14-25-23(24-2)26-16-20(27(3)4)19-9-7-8-10-22(19)29-6/h7-12,15,20H,13-14,16H2,1-6H3,(H2,24,25,26). The highest BCUT2D eigenvalue weighted by Crippen LogP contribution is 2.27. The number of nitrogens with zero attached hydrogens (tertiary/aromatic N) is 2. The van der Waals surface area contributed by atoms with E-state index in [1.165, 1.54) is 11.1 Å². The summed E-state index contributed by atoms with van der Waals surface area (Å²) in [6, 6.07) is 14.5. The van der Waals surface area contributed by atoms with Crippen LogP contribution in [0.25, 0.3) is 0 Å². The highest BCUT2D eigenvalue weighted by Gasteiger charge is 2.18. The van der Waals surface area contributed by atoms with Crippen molar-refractivity contribution in [3.63, 3.8) is 0 Å². The molecule has 0 aliphatic carbocycles. The minimum absolute atomic E-state index is 0.154. The fraction of sp³-hybridized carbons (Fsp3) is 0.435. The van der Waals surface area contributed by atoms with Gasteiger partial charge in [-0.05, 0) is 45.1 Å². The number of hydrogen-bond donors (Lipinski definition) is 2. The number of aliphatic imine (C=N–C) groups is 1. The van der Waals surface area contributed by atoms with Gasteiger partial charge in [-0.1, -0.05) is 35.9 Å². The number of hydrogen-bond acceptors (Lipinski definition) is 4. The number of para-hydroxylation sites is 1. The molecular formula is C23H34N4O2. The largest absolute Gasteiger partial charge is 0.496 e. The first kappa shape index (κ1) is 22.6. The molecule has 0 saturated carbocycles. The number of likely N-dealkylation sites (N-methyl/N-ethyl adjacent to an activating group) is 1. The van der Waals surface area contributed by atoms with Crippen molar-refractivity contribution in [3.05, 3.63) is 59.2 Å². The maximum Gasteiger partial charge on any atom is 0.191 e. The third-order valence-electron chi connectivity index (χ3n) is 4.93. The minimum Gasteiger partial charge on any atom is -0.496 e. The van der Waals surface area contributed by atoms with Crippen molar-refractivity contribution in [2.24, 2.45) is 4.99 Å². The molecule has 6 nitrogen and oxygen atoms in total. The van der Waals surface area contributed by atoms with Gasteiger partial charge in [0.05, 0.1) is 20.3 Å². The average Bonchev–Trinajstić information content (AvgIpc) is 2.72. The van der Waals surface area contributed by atoms with Crippen molar-refractivity contribution in [3.8, 4) is 11.5 Å². The van der Waals surface area contributed by atoms with E-state index in [4.69, 9.17) is 9.47 Å². The van der Waals surface area contributed by atoms with Gasteiger partial charge in [-0.25, -0.2) is 0 Å². The van der Waals surface area contributed by atoms with Crippen molar-refractivity contribution >= 4 is 5.96 Å². The monoisotopic (exact) mass is 398 g/mol. The maximum absolute atomic E-state index is 5.54. The quantitative estimate of drug-likeness (QED) is 0.502. The highest BCUT2D eigenvalue weighted by atomic mass is 16.5. The minimum atomic E-state index is 0.154. The predicted molar refractivity (Wildman–Crippen MR) is 120 cm³/mol. The van der Waals surface area contributed by atoms with Gasteiger partial charge in [0.25, 0.3) is 0 Å². The van der Waals surface area contributed by atoms with Crippen LogP contribution in [0.4, 0.5) is 0 Å². The molecule has 0 fully saturated rings. The summed E-state index contributed by atoms with van der Waals surface area (Å²) in [4.78, 5) is 6.54. The van der Waals surface area contributed by atoms with Gasteiger partial charge in [-0.3, -0.25) is 4.99 Å². The van der Waals surface area contributed by atoms with Crippen molar-refractivity contribution in [2.45, 2.75) is 19.4 Å². The second kappa shape index (κ2) is 11.3. The van der Waals surface area contributed by atoms with Crippen LogP contribution in [0, 0.1) is 6.92 Å². The summed E-state index contributed by atoms with van der Waals surface area (Å²) < 4.78 is 11.0. The number of benzene rings is 2. The molecule has 29 heavy (non-hydrogen) atoms. The number of rotatable bonds is 9. The second-order valence-electron chi connectivity index (χ2n) is 7.17. The Morgan fingerprint density at radius 3 is 2.41 bits per heavy atom. The van der Waals surface area contributed by atoms with E-state index >= 15 is 0 Å². The predicted octanol–water partition coefficient (Wildman–Crippen LogP) is 3.02. The summed E-state index contributed by atoms with van der Waals surface area (Å²) in [6.07, 6.45) is 0.856. The third-order valence-corrected chi connectivity index (χ3v) is 4.93. The Bertz CT molecular complexity index is 805. The summed E-state index contributed by atoms with van der Waals surface area (Å²) >= 11 is 0. The Hall–Kier alpha value is -2.73. The van der Waals surface area contributed by atoms with Crippen molar-refractivity contribution in [1.82, 2.24) is 15.5 Å². The van der Waals surface area contributed by atoms with E-state index in [-0.39, 0.29) is 6.04 Å². The molecule has 0 aliphatic rings. The van der Waals surface area contributed by atoms with Gasteiger partial charge < -0.3 is 25.0 Å². The molecule has 1 unspecified atom stereocenters. The van der Waals surface area contributed by atoms with Crippen LogP contribution in [-0.2, 0) is 6.42 Å². The molecule has 6 heteroatoms. The molecule has 2 N–H and O–H groups in total. The van der Waals surface area contributed by atoms with Gasteiger partial charge in [0.1, 0.15) is 11.5 Å². The van der Waals surface area contributed by atoms with Crippen LogP contribution in [0.15, 0.2) is 47.5 Å². The number of nitrogens with one attached hydrogen (secondary N) is 2. The van der Waals surface area contributed by atoms with E-state index in [0.29, 0.717) is 6.54 Å². The first-order valence-electron chi connectivity index (χ1n) is 9.87. The lowest BCUT2D eigenvalue weighted by molar-refractivity contribution is 0.288. The maximum atomic E-state index is 5.54. The Labute approximate surface area is 174 Å². The molecule has 0 spiro atoms. The molecule has 0 radical (unpaired) electrons. The molecule has 0 amide bonds. The lowest BCUT2D eigenvalue weighted by atomic mass is 10.0. The van der Waals surface area contributed by atoms with Crippen LogP contribution in [0.3, 0.4) is 0 Å². The lowest BCUT2D eigenvalue weighted by Gasteiger charge is -2.27. The summed E-state index contributed by atoms with van der Waals surface area (Å²) in [5.41, 5.74) is 3.57. The van der Waals surface area contributed by atoms with Gasteiger partial charge in [-0.2, -0.15) is 0 Å². The fourth-order valence-electron chi connectivity index (χ4n) is 3.34. The summed E-state index contributed by atoms with van der Waals surface area (Å²) in [5, 5.41) is 6.83. The summed E-state index contributed by atoms with van der Waals surface area (Å²) in [5.74, 6) is 2.59. The van der Waals surface area contributed by atoms with Crippen molar-refractivity contribution < 1.29 is 9.47 Å². The third kappa shape index (κ3) is 6.39. The van der Waals surface area contributed by atoms with E-state index in [2.05, 4.69) is 59.7 Å². The zero-order valence-electron chi connectivity index (χ0n) is 18.5. The SMILES string of the molecule is CN=C(NCCc1cc(C)ccc1OC)NCC(c1ccccc1OC)N(C)C. The van der Waals surface area contributed by atoms with E-state index in [0.717, 1.165) is 36.0 Å². The smallest absolute Gasteiger partial charge is 0.191 e. The van der Waals surface area contributed by atoms with Crippen LogP contribution >= 0.6 is 0 Å². The first-order chi connectivity index (χ1) is 14.0.